The molecular formula is C23H30ClN3O2S. The lowest BCUT2D eigenvalue weighted by Gasteiger charge is -2.21. The third-order valence-corrected chi connectivity index (χ3v) is 5.74. The molecule has 0 aliphatic heterocycles. The van der Waals surface area contributed by atoms with Crippen LogP contribution in [0.3, 0.4) is 0 Å². The van der Waals surface area contributed by atoms with E-state index in [0.29, 0.717) is 19.6 Å². The second-order valence-electron chi connectivity index (χ2n) is 7.27. The lowest BCUT2D eigenvalue weighted by Crippen LogP contribution is -2.34. The van der Waals surface area contributed by atoms with E-state index >= 15 is 0 Å². The maximum Gasteiger partial charge on any atom is 0.232 e. The smallest absolute Gasteiger partial charge is 0.232 e. The fourth-order valence-corrected chi connectivity index (χ4v) is 4.14. The van der Waals surface area contributed by atoms with Gasteiger partial charge in [0.2, 0.25) is 5.91 Å². The highest BCUT2D eigenvalue weighted by molar-refractivity contribution is 7.22. The Morgan fingerprint density at radius 1 is 1.10 bits per heavy atom. The number of nitrogens with zero attached hydrogens (tertiary/aromatic N) is 3. The maximum atomic E-state index is 13.0. The number of hydrogen-bond donors (Lipinski definition) is 0. The van der Waals surface area contributed by atoms with E-state index < -0.39 is 0 Å². The first-order chi connectivity index (χ1) is 14.1. The zero-order valence-corrected chi connectivity index (χ0v) is 19.5. The molecule has 5 nitrogen and oxygen atoms in total. The van der Waals surface area contributed by atoms with Crippen molar-refractivity contribution >= 4 is 45.0 Å². The van der Waals surface area contributed by atoms with Crippen LogP contribution in [0.5, 0.6) is 5.75 Å². The summed E-state index contributed by atoms with van der Waals surface area (Å²) in [5.74, 6) is 0.834. The van der Waals surface area contributed by atoms with Gasteiger partial charge in [0, 0.05) is 6.54 Å². The molecule has 0 bridgehead atoms. The van der Waals surface area contributed by atoms with Crippen LogP contribution in [-0.2, 0) is 11.2 Å². The molecule has 0 fully saturated rings. The van der Waals surface area contributed by atoms with Gasteiger partial charge in [-0.15, -0.1) is 12.4 Å². The molecule has 0 spiro atoms. The van der Waals surface area contributed by atoms with Crippen molar-refractivity contribution < 1.29 is 9.53 Å². The average Bonchev–Trinajstić information content (AvgIpc) is 3.14. The summed E-state index contributed by atoms with van der Waals surface area (Å²) in [5.41, 5.74) is 2.24. The van der Waals surface area contributed by atoms with E-state index in [1.165, 1.54) is 5.56 Å². The topological polar surface area (TPSA) is 45.7 Å². The number of carbonyl (C=O) groups is 1. The van der Waals surface area contributed by atoms with Crippen molar-refractivity contribution in [3.05, 3.63) is 54.1 Å². The Kier molecular flexibility index (Phi) is 9.56. The van der Waals surface area contributed by atoms with Crippen LogP contribution >= 0.6 is 23.7 Å². The summed E-state index contributed by atoms with van der Waals surface area (Å²) in [6, 6.07) is 15.9. The molecule has 0 aliphatic carbocycles. The number of thiazole rings is 1. The normalized spacial score (nSPS) is 10.8. The third kappa shape index (κ3) is 6.69. The van der Waals surface area contributed by atoms with Crippen molar-refractivity contribution in [3.8, 4) is 5.75 Å². The quantitative estimate of drug-likeness (QED) is 0.437. The first-order valence-corrected chi connectivity index (χ1v) is 10.9. The van der Waals surface area contributed by atoms with Gasteiger partial charge in [0.1, 0.15) is 5.75 Å². The molecule has 1 amide bonds. The highest BCUT2D eigenvalue weighted by Crippen LogP contribution is 2.30. The van der Waals surface area contributed by atoms with Gasteiger partial charge < -0.3 is 9.64 Å². The Hall–Kier alpha value is -2.15. The van der Waals surface area contributed by atoms with Crippen LogP contribution in [0.15, 0.2) is 48.5 Å². The summed E-state index contributed by atoms with van der Waals surface area (Å²) < 4.78 is 6.85. The second kappa shape index (κ2) is 11.9. The van der Waals surface area contributed by atoms with E-state index in [1.807, 2.05) is 49.3 Å². The van der Waals surface area contributed by atoms with Gasteiger partial charge in [-0.05, 0) is 63.3 Å². The highest BCUT2D eigenvalue weighted by atomic mass is 35.5. The Morgan fingerprint density at radius 3 is 2.57 bits per heavy atom. The number of rotatable bonds is 10. The molecule has 3 rings (SSSR count). The van der Waals surface area contributed by atoms with Gasteiger partial charge in [0.05, 0.1) is 23.2 Å². The number of fused-ring (bicyclic) bond motifs is 1. The van der Waals surface area contributed by atoms with Gasteiger partial charge in [-0.2, -0.15) is 0 Å². The molecule has 0 saturated carbocycles. The van der Waals surface area contributed by atoms with Crippen LogP contribution < -0.4 is 9.64 Å². The number of ether oxygens (including phenoxy) is 1. The number of halogens is 1. The Balaban J connectivity index is 0.00000320. The maximum absolute atomic E-state index is 13.0. The molecule has 3 aromatic rings. The zero-order chi connectivity index (χ0) is 20.6. The lowest BCUT2D eigenvalue weighted by molar-refractivity contribution is -0.119. The van der Waals surface area contributed by atoms with Gasteiger partial charge in [0.15, 0.2) is 5.13 Å². The van der Waals surface area contributed by atoms with Gasteiger partial charge in [-0.3, -0.25) is 9.69 Å². The SMILES string of the molecule is CCc1ccc2nc(N(CCCN(C)C)C(=O)CCOc3ccccc3)sc2c1.Cl. The summed E-state index contributed by atoms with van der Waals surface area (Å²) in [7, 11) is 4.09. The Bertz CT molecular complexity index is 931. The average molecular weight is 448 g/mol. The van der Waals surface area contributed by atoms with Crippen LogP contribution in [0, 0.1) is 0 Å². The van der Waals surface area contributed by atoms with E-state index in [9.17, 15) is 4.79 Å². The summed E-state index contributed by atoms with van der Waals surface area (Å²) in [4.78, 5) is 21.7. The van der Waals surface area contributed by atoms with Crippen molar-refractivity contribution in [3.63, 3.8) is 0 Å². The van der Waals surface area contributed by atoms with Gasteiger partial charge in [-0.1, -0.05) is 42.5 Å². The van der Waals surface area contributed by atoms with Gasteiger partial charge in [-0.25, -0.2) is 4.98 Å². The molecule has 162 valence electrons. The highest BCUT2D eigenvalue weighted by Gasteiger charge is 2.19. The predicted octanol–water partition coefficient (Wildman–Crippen LogP) is 5.03. The monoisotopic (exact) mass is 447 g/mol. The molecule has 1 aromatic heterocycles. The Labute approximate surface area is 189 Å². The molecule has 0 aliphatic rings. The van der Waals surface area contributed by atoms with Gasteiger partial charge in [0.25, 0.3) is 0 Å². The minimum atomic E-state index is 0. The van der Waals surface area contributed by atoms with Crippen LogP contribution in [0.4, 0.5) is 5.13 Å². The summed E-state index contributed by atoms with van der Waals surface area (Å²) in [6.45, 7) is 4.09. The number of hydrogen-bond acceptors (Lipinski definition) is 5. The van der Waals surface area contributed by atoms with Crippen molar-refractivity contribution in [2.75, 3.05) is 38.7 Å². The van der Waals surface area contributed by atoms with Crippen molar-refractivity contribution in [2.45, 2.75) is 26.2 Å². The molecule has 0 N–H and O–H groups in total. The van der Waals surface area contributed by atoms with Crippen LogP contribution in [0.2, 0.25) is 0 Å². The fraction of sp³-hybridized carbons (Fsp3) is 0.391. The molecule has 7 heteroatoms. The summed E-state index contributed by atoms with van der Waals surface area (Å²) >= 11 is 1.59. The summed E-state index contributed by atoms with van der Waals surface area (Å²) in [5, 5.41) is 0.775. The van der Waals surface area contributed by atoms with E-state index in [-0.39, 0.29) is 18.3 Å². The predicted molar refractivity (Wildman–Crippen MR) is 128 cm³/mol. The van der Waals surface area contributed by atoms with Crippen molar-refractivity contribution in [1.29, 1.82) is 0 Å². The van der Waals surface area contributed by atoms with E-state index in [1.54, 1.807) is 11.3 Å². The van der Waals surface area contributed by atoms with Crippen LogP contribution in [-0.4, -0.2) is 49.6 Å². The molecule has 2 aromatic carbocycles. The molecule has 0 unspecified atom stereocenters. The number of para-hydroxylation sites is 1. The van der Waals surface area contributed by atoms with Gasteiger partial charge >= 0.3 is 0 Å². The standard InChI is InChI=1S/C23H29N3O2S.ClH/c1-4-18-11-12-20-21(17-18)29-23(24-20)26(15-8-14-25(2)3)22(27)13-16-28-19-9-6-5-7-10-19;/h5-7,9-12,17H,4,8,13-16H2,1-3H3;1H. The minimum Gasteiger partial charge on any atom is -0.493 e. The molecule has 0 saturated heterocycles. The number of aromatic nitrogens is 1. The number of carbonyl (C=O) groups excluding carboxylic acids is 1. The second-order valence-corrected chi connectivity index (χ2v) is 8.27. The zero-order valence-electron chi connectivity index (χ0n) is 17.8. The fourth-order valence-electron chi connectivity index (χ4n) is 3.07. The molecule has 0 atom stereocenters. The first-order valence-electron chi connectivity index (χ1n) is 10.1. The molecule has 0 radical (unpaired) electrons. The molecular weight excluding hydrogens is 418 g/mol. The van der Waals surface area contributed by atoms with Crippen LogP contribution in [0.25, 0.3) is 10.2 Å². The third-order valence-electron chi connectivity index (χ3n) is 4.70. The van der Waals surface area contributed by atoms with E-state index in [2.05, 4.69) is 30.0 Å². The van der Waals surface area contributed by atoms with Crippen LogP contribution in [0.1, 0.15) is 25.3 Å². The largest absolute Gasteiger partial charge is 0.493 e. The number of amides is 1. The van der Waals surface area contributed by atoms with E-state index in [4.69, 9.17) is 9.72 Å². The molecule has 30 heavy (non-hydrogen) atoms. The molecule has 1 heterocycles. The van der Waals surface area contributed by atoms with Crippen molar-refractivity contribution in [1.82, 2.24) is 9.88 Å². The number of aryl methyl sites for hydroxylation is 1. The number of benzene rings is 2. The minimum absolute atomic E-state index is 0. The number of anilines is 1. The first kappa shape index (κ1) is 24.1. The Morgan fingerprint density at radius 2 is 1.87 bits per heavy atom. The lowest BCUT2D eigenvalue weighted by atomic mass is 10.2. The van der Waals surface area contributed by atoms with E-state index in [0.717, 1.165) is 40.5 Å². The summed E-state index contributed by atoms with van der Waals surface area (Å²) in [6.07, 6.45) is 2.22. The van der Waals surface area contributed by atoms with Crippen molar-refractivity contribution in [2.24, 2.45) is 0 Å².